The minimum Gasteiger partial charge on any atom is -0.350 e. The summed E-state index contributed by atoms with van der Waals surface area (Å²) in [6.07, 6.45) is 5.25. The Labute approximate surface area is 138 Å². The number of anilines is 1. The van der Waals surface area contributed by atoms with Crippen LogP contribution in [0.2, 0.25) is 0 Å². The Morgan fingerprint density at radius 1 is 1.04 bits per heavy atom. The zero-order valence-corrected chi connectivity index (χ0v) is 13.3. The maximum absolute atomic E-state index is 12.5. The van der Waals surface area contributed by atoms with E-state index < -0.39 is 0 Å². The molecule has 8 nitrogen and oxygen atoms in total. The van der Waals surface area contributed by atoms with E-state index in [1.54, 1.807) is 18.5 Å². The van der Waals surface area contributed by atoms with E-state index >= 15 is 0 Å². The SMILES string of the molecule is Cc1nnc2c(N3CCN(C(=O)c4ccccn4)CC3)nccn12. The quantitative estimate of drug-likeness (QED) is 0.694. The number of rotatable bonds is 2. The van der Waals surface area contributed by atoms with Crippen LogP contribution in [-0.4, -0.2) is 61.6 Å². The predicted octanol–water partition coefficient (Wildman–Crippen LogP) is 0.790. The highest BCUT2D eigenvalue weighted by Crippen LogP contribution is 2.19. The molecule has 8 heteroatoms. The molecule has 0 bridgehead atoms. The summed E-state index contributed by atoms with van der Waals surface area (Å²) in [5.41, 5.74) is 1.23. The van der Waals surface area contributed by atoms with Crippen LogP contribution >= 0.6 is 0 Å². The summed E-state index contributed by atoms with van der Waals surface area (Å²) >= 11 is 0. The Kier molecular flexibility index (Phi) is 3.56. The number of aryl methyl sites for hydroxylation is 1. The molecule has 0 unspecified atom stereocenters. The average Bonchev–Trinajstić information content (AvgIpc) is 3.03. The van der Waals surface area contributed by atoms with E-state index in [9.17, 15) is 4.79 Å². The van der Waals surface area contributed by atoms with E-state index in [0.717, 1.165) is 17.3 Å². The number of carbonyl (C=O) groups excluding carboxylic acids is 1. The first-order chi connectivity index (χ1) is 11.7. The van der Waals surface area contributed by atoms with Crippen molar-refractivity contribution in [3.8, 4) is 0 Å². The van der Waals surface area contributed by atoms with Crippen molar-refractivity contribution in [1.29, 1.82) is 0 Å². The zero-order valence-electron chi connectivity index (χ0n) is 13.3. The Balaban J connectivity index is 1.51. The maximum Gasteiger partial charge on any atom is 0.272 e. The minimum atomic E-state index is -0.0280. The number of nitrogens with zero attached hydrogens (tertiary/aromatic N) is 7. The van der Waals surface area contributed by atoms with E-state index in [2.05, 4.69) is 25.1 Å². The van der Waals surface area contributed by atoms with Gasteiger partial charge >= 0.3 is 0 Å². The number of pyridine rings is 1. The molecule has 0 aliphatic carbocycles. The summed E-state index contributed by atoms with van der Waals surface area (Å²) in [4.78, 5) is 25.0. The Morgan fingerprint density at radius 3 is 2.62 bits per heavy atom. The highest BCUT2D eigenvalue weighted by atomic mass is 16.2. The van der Waals surface area contributed by atoms with Crippen molar-refractivity contribution in [3.63, 3.8) is 0 Å². The summed E-state index contributed by atoms with van der Waals surface area (Å²) in [5.74, 6) is 1.61. The topological polar surface area (TPSA) is 79.5 Å². The molecule has 0 radical (unpaired) electrons. The molecule has 24 heavy (non-hydrogen) atoms. The van der Waals surface area contributed by atoms with Crippen LogP contribution in [0.5, 0.6) is 0 Å². The molecule has 0 spiro atoms. The van der Waals surface area contributed by atoms with Crippen LogP contribution in [0.15, 0.2) is 36.8 Å². The van der Waals surface area contributed by atoms with Gasteiger partial charge < -0.3 is 9.80 Å². The highest BCUT2D eigenvalue weighted by molar-refractivity contribution is 5.92. The first-order valence-corrected chi connectivity index (χ1v) is 7.85. The number of aromatic nitrogens is 5. The van der Waals surface area contributed by atoms with Crippen molar-refractivity contribution in [2.24, 2.45) is 0 Å². The third kappa shape index (κ3) is 2.45. The lowest BCUT2D eigenvalue weighted by Gasteiger charge is -2.35. The van der Waals surface area contributed by atoms with Gasteiger partial charge in [-0.2, -0.15) is 0 Å². The molecule has 1 amide bonds. The third-order valence-corrected chi connectivity index (χ3v) is 4.23. The number of hydrogen-bond acceptors (Lipinski definition) is 6. The molecule has 4 rings (SSSR count). The lowest BCUT2D eigenvalue weighted by Crippen LogP contribution is -2.49. The summed E-state index contributed by atoms with van der Waals surface area (Å²) in [5, 5.41) is 8.32. The smallest absolute Gasteiger partial charge is 0.272 e. The molecular formula is C16H17N7O. The van der Waals surface area contributed by atoms with E-state index in [1.165, 1.54) is 0 Å². The fraction of sp³-hybridized carbons (Fsp3) is 0.312. The Morgan fingerprint density at radius 2 is 1.88 bits per heavy atom. The van der Waals surface area contributed by atoms with Gasteiger partial charge in [0.15, 0.2) is 5.82 Å². The van der Waals surface area contributed by atoms with Gasteiger partial charge in [0.05, 0.1) is 0 Å². The molecule has 3 aromatic rings. The molecular weight excluding hydrogens is 306 g/mol. The summed E-state index contributed by atoms with van der Waals surface area (Å²) < 4.78 is 1.92. The van der Waals surface area contributed by atoms with E-state index in [0.29, 0.717) is 31.9 Å². The van der Waals surface area contributed by atoms with Gasteiger partial charge in [0, 0.05) is 44.8 Å². The monoisotopic (exact) mass is 323 g/mol. The van der Waals surface area contributed by atoms with Crippen molar-refractivity contribution >= 4 is 17.4 Å². The normalized spacial score (nSPS) is 15.0. The largest absolute Gasteiger partial charge is 0.350 e. The van der Waals surface area contributed by atoms with Crippen LogP contribution in [0.4, 0.5) is 5.82 Å². The van der Waals surface area contributed by atoms with Crippen molar-refractivity contribution in [2.75, 3.05) is 31.1 Å². The summed E-state index contributed by atoms with van der Waals surface area (Å²) in [6, 6.07) is 5.38. The van der Waals surface area contributed by atoms with Crippen molar-refractivity contribution in [2.45, 2.75) is 6.92 Å². The van der Waals surface area contributed by atoms with Crippen LogP contribution in [0, 0.1) is 6.92 Å². The second kappa shape index (κ2) is 5.88. The third-order valence-electron chi connectivity index (χ3n) is 4.23. The van der Waals surface area contributed by atoms with Crippen LogP contribution in [0.1, 0.15) is 16.3 Å². The van der Waals surface area contributed by atoms with Gasteiger partial charge in [-0.1, -0.05) is 6.07 Å². The number of fused-ring (bicyclic) bond motifs is 1. The second-order valence-corrected chi connectivity index (χ2v) is 5.69. The number of carbonyl (C=O) groups is 1. The molecule has 0 aromatic carbocycles. The van der Waals surface area contributed by atoms with Crippen LogP contribution in [-0.2, 0) is 0 Å². The number of amides is 1. The van der Waals surface area contributed by atoms with Gasteiger partial charge in [0.1, 0.15) is 11.5 Å². The van der Waals surface area contributed by atoms with Gasteiger partial charge in [-0.25, -0.2) is 4.98 Å². The zero-order chi connectivity index (χ0) is 16.5. The molecule has 1 fully saturated rings. The molecule has 1 aliphatic rings. The number of hydrogen-bond donors (Lipinski definition) is 0. The standard InChI is InChI=1S/C16H17N7O/c1-12-19-20-15-14(18-6-7-23(12)15)21-8-10-22(11-9-21)16(24)13-4-2-3-5-17-13/h2-7H,8-11H2,1H3. The van der Waals surface area contributed by atoms with Crippen LogP contribution < -0.4 is 4.90 Å². The Bertz CT molecular complexity index is 869. The molecule has 122 valence electrons. The van der Waals surface area contributed by atoms with Crippen LogP contribution in [0.3, 0.4) is 0 Å². The van der Waals surface area contributed by atoms with Gasteiger partial charge in [-0.15, -0.1) is 10.2 Å². The van der Waals surface area contributed by atoms with Crippen molar-refractivity contribution in [1.82, 2.24) is 29.5 Å². The van der Waals surface area contributed by atoms with Crippen molar-refractivity contribution in [3.05, 3.63) is 48.3 Å². The Hall–Kier alpha value is -3.03. The van der Waals surface area contributed by atoms with E-state index in [-0.39, 0.29) is 5.91 Å². The first kappa shape index (κ1) is 14.6. The second-order valence-electron chi connectivity index (χ2n) is 5.69. The fourth-order valence-corrected chi connectivity index (χ4v) is 2.92. The number of piperazine rings is 1. The highest BCUT2D eigenvalue weighted by Gasteiger charge is 2.25. The van der Waals surface area contributed by atoms with E-state index in [1.807, 2.05) is 34.6 Å². The lowest BCUT2D eigenvalue weighted by atomic mass is 10.2. The van der Waals surface area contributed by atoms with Gasteiger partial charge in [0.25, 0.3) is 5.91 Å². The molecule has 0 N–H and O–H groups in total. The molecule has 3 aromatic heterocycles. The van der Waals surface area contributed by atoms with E-state index in [4.69, 9.17) is 0 Å². The summed E-state index contributed by atoms with van der Waals surface area (Å²) in [6.45, 7) is 4.58. The van der Waals surface area contributed by atoms with Gasteiger partial charge in [-0.3, -0.25) is 14.2 Å². The fourth-order valence-electron chi connectivity index (χ4n) is 2.92. The first-order valence-electron chi connectivity index (χ1n) is 7.85. The van der Waals surface area contributed by atoms with Gasteiger partial charge in [-0.05, 0) is 19.1 Å². The van der Waals surface area contributed by atoms with Crippen LogP contribution in [0.25, 0.3) is 5.65 Å². The summed E-state index contributed by atoms with van der Waals surface area (Å²) in [7, 11) is 0. The molecule has 0 saturated carbocycles. The predicted molar refractivity (Wildman–Crippen MR) is 87.9 cm³/mol. The van der Waals surface area contributed by atoms with Crippen molar-refractivity contribution < 1.29 is 4.79 Å². The average molecular weight is 323 g/mol. The lowest BCUT2D eigenvalue weighted by molar-refractivity contribution is 0.0740. The minimum absolute atomic E-state index is 0.0280. The molecule has 1 saturated heterocycles. The molecule has 1 aliphatic heterocycles. The maximum atomic E-state index is 12.5. The molecule has 4 heterocycles. The molecule has 0 atom stereocenters. The van der Waals surface area contributed by atoms with Gasteiger partial charge in [0.2, 0.25) is 5.65 Å².